The molecular weight excluding hydrogens is 256 g/mol. The second-order valence-corrected chi connectivity index (χ2v) is 6.61. The highest BCUT2D eigenvalue weighted by molar-refractivity contribution is 8.00. The Balaban J connectivity index is 2.07. The number of amides is 1. The average molecular weight is 278 g/mol. The minimum Gasteiger partial charge on any atom is -0.399 e. The van der Waals surface area contributed by atoms with Gasteiger partial charge in [0, 0.05) is 18.3 Å². The van der Waals surface area contributed by atoms with Gasteiger partial charge in [0.2, 0.25) is 5.91 Å². The Labute approximate surface area is 119 Å². The van der Waals surface area contributed by atoms with Crippen molar-refractivity contribution in [3.05, 3.63) is 29.8 Å². The maximum Gasteiger partial charge on any atom is 0.236 e. The zero-order chi connectivity index (χ0) is 13.8. The molecule has 1 amide bonds. The molecule has 1 aliphatic rings. The van der Waals surface area contributed by atoms with Crippen LogP contribution < -0.4 is 5.73 Å². The van der Waals surface area contributed by atoms with E-state index in [1.807, 2.05) is 29.2 Å². The molecular formula is C15H22N2OS. The number of nitrogen functional groups attached to an aromatic ring is 1. The van der Waals surface area contributed by atoms with Gasteiger partial charge in [-0.15, -0.1) is 11.8 Å². The van der Waals surface area contributed by atoms with Gasteiger partial charge in [0.1, 0.15) is 0 Å². The molecule has 3 nitrogen and oxygen atoms in total. The molecule has 0 aliphatic carbocycles. The average Bonchev–Trinajstić information content (AvgIpc) is 2.91. The lowest BCUT2D eigenvalue weighted by Gasteiger charge is -2.29. The number of nitrogens with zero attached hydrogens (tertiary/aromatic N) is 1. The minimum absolute atomic E-state index is 0.163. The van der Waals surface area contributed by atoms with Gasteiger partial charge in [-0.3, -0.25) is 4.79 Å². The van der Waals surface area contributed by atoms with E-state index in [0.29, 0.717) is 6.54 Å². The first-order valence-corrected chi connectivity index (χ1v) is 7.89. The number of thioether (sulfide) groups is 1. The van der Waals surface area contributed by atoms with Gasteiger partial charge in [0.25, 0.3) is 0 Å². The smallest absolute Gasteiger partial charge is 0.236 e. The minimum atomic E-state index is 0.163. The first kappa shape index (κ1) is 14.3. The molecule has 19 heavy (non-hydrogen) atoms. The van der Waals surface area contributed by atoms with Gasteiger partial charge in [-0.2, -0.15) is 0 Å². The van der Waals surface area contributed by atoms with E-state index in [1.165, 1.54) is 0 Å². The fourth-order valence-corrected chi connectivity index (χ4v) is 3.52. The zero-order valence-corrected chi connectivity index (χ0v) is 12.5. The molecule has 2 rings (SSSR count). The molecule has 0 bridgehead atoms. The number of hydrogen-bond acceptors (Lipinski definition) is 3. The molecule has 0 aromatic heterocycles. The molecule has 1 heterocycles. The van der Waals surface area contributed by atoms with Crippen LogP contribution in [-0.4, -0.2) is 27.9 Å². The number of anilines is 1. The molecule has 1 fully saturated rings. The van der Waals surface area contributed by atoms with Crippen LogP contribution in [0.3, 0.4) is 0 Å². The molecule has 2 N–H and O–H groups in total. The van der Waals surface area contributed by atoms with Crippen molar-refractivity contribution in [1.82, 2.24) is 4.90 Å². The summed E-state index contributed by atoms with van der Waals surface area (Å²) in [5, 5.41) is 0.163. The predicted octanol–water partition coefficient (Wildman–Crippen LogP) is 2.90. The van der Waals surface area contributed by atoms with E-state index in [2.05, 4.69) is 13.8 Å². The Morgan fingerprint density at radius 2 is 2.11 bits per heavy atom. The number of nitrogens with two attached hydrogens (primary N) is 1. The van der Waals surface area contributed by atoms with Crippen molar-refractivity contribution in [3.63, 3.8) is 0 Å². The molecule has 104 valence electrons. The lowest BCUT2D eigenvalue weighted by Crippen LogP contribution is -2.41. The maximum absolute atomic E-state index is 12.5. The van der Waals surface area contributed by atoms with Crippen LogP contribution in [0, 0.1) is 0 Å². The van der Waals surface area contributed by atoms with Crippen LogP contribution in [0.2, 0.25) is 0 Å². The Kier molecular flexibility index (Phi) is 4.75. The molecule has 0 saturated carbocycles. The van der Waals surface area contributed by atoms with Crippen LogP contribution in [-0.2, 0) is 11.3 Å². The quantitative estimate of drug-likeness (QED) is 0.861. The molecule has 4 heteroatoms. The van der Waals surface area contributed by atoms with Crippen molar-refractivity contribution in [3.8, 4) is 0 Å². The topological polar surface area (TPSA) is 46.3 Å². The third kappa shape index (κ3) is 3.66. The van der Waals surface area contributed by atoms with Crippen LogP contribution >= 0.6 is 11.8 Å². The monoisotopic (exact) mass is 278 g/mol. The van der Waals surface area contributed by atoms with Gasteiger partial charge in [-0.25, -0.2) is 0 Å². The van der Waals surface area contributed by atoms with E-state index in [9.17, 15) is 4.79 Å². The van der Waals surface area contributed by atoms with Gasteiger partial charge < -0.3 is 10.6 Å². The third-order valence-electron chi connectivity index (χ3n) is 3.44. The summed E-state index contributed by atoms with van der Waals surface area (Å²) in [6.45, 7) is 4.83. The lowest BCUT2D eigenvalue weighted by molar-refractivity contribution is -0.133. The first-order valence-electron chi connectivity index (χ1n) is 6.84. The SMILES string of the molecule is CC(C)N(Cc1ccc(N)cc1)C(=O)C1CCCS1. The van der Waals surface area contributed by atoms with Crippen LogP contribution in [0.15, 0.2) is 24.3 Å². The van der Waals surface area contributed by atoms with Crippen LogP contribution in [0.25, 0.3) is 0 Å². The highest BCUT2D eigenvalue weighted by Gasteiger charge is 2.29. The van der Waals surface area contributed by atoms with E-state index >= 15 is 0 Å². The van der Waals surface area contributed by atoms with Crippen molar-refractivity contribution >= 4 is 23.4 Å². The fourth-order valence-electron chi connectivity index (χ4n) is 2.29. The van der Waals surface area contributed by atoms with Crippen molar-refractivity contribution < 1.29 is 4.79 Å². The van der Waals surface area contributed by atoms with E-state index in [1.54, 1.807) is 11.8 Å². The predicted molar refractivity (Wildman–Crippen MR) is 82.0 cm³/mol. The van der Waals surface area contributed by atoms with Gasteiger partial charge in [-0.1, -0.05) is 12.1 Å². The van der Waals surface area contributed by atoms with E-state index in [0.717, 1.165) is 29.8 Å². The molecule has 1 saturated heterocycles. The number of carbonyl (C=O) groups is 1. The van der Waals surface area contributed by atoms with Gasteiger partial charge in [-0.05, 0) is 50.1 Å². The van der Waals surface area contributed by atoms with Gasteiger partial charge in [0.15, 0.2) is 0 Å². The van der Waals surface area contributed by atoms with E-state index < -0.39 is 0 Å². The summed E-state index contributed by atoms with van der Waals surface area (Å²) < 4.78 is 0. The molecule has 1 unspecified atom stereocenters. The van der Waals surface area contributed by atoms with Gasteiger partial charge in [0.05, 0.1) is 5.25 Å². The van der Waals surface area contributed by atoms with Crippen molar-refractivity contribution in [2.45, 2.75) is 44.5 Å². The summed E-state index contributed by atoms with van der Waals surface area (Å²) in [6, 6.07) is 8.01. The fraction of sp³-hybridized carbons (Fsp3) is 0.533. The maximum atomic E-state index is 12.5. The molecule has 1 aromatic carbocycles. The number of benzene rings is 1. The highest BCUT2D eigenvalue weighted by Crippen LogP contribution is 2.28. The van der Waals surface area contributed by atoms with Crippen molar-refractivity contribution in [2.24, 2.45) is 0 Å². The lowest BCUT2D eigenvalue weighted by atomic mass is 10.1. The third-order valence-corrected chi connectivity index (χ3v) is 4.81. The van der Waals surface area contributed by atoms with Crippen LogP contribution in [0.4, 0.5) is 5.69 Å². The summed E-state index contributed by atoms with van der Waals surface area (Å²) in [7, 11) is 0. The van der Waals surface area contributed by atoms with E-state index in [-0.39, 0.29) is 17.2 Å². The number of hydrogen-bond donors (Lipinski definition) is 1. The largest absolute Gasteiger partial charge is 0.399 e. The molecule has 1 aromatic rings. The molecule has 0 spiro atoms. The zero-order valence-electron chi connectivity index (χ0n) is 11.6. The van der Waals surface area contributed by atoms with E-state index in [4.69, 9.17) is 5.73 Å². The Bertz CT molecular complexity index is 424. The summed E-state index contributed by atoms with van der Waals surface area (Å²) in [5.41, 5.74) is 7.59. The second kappa shape index (κ2) is 6.33. The summed E-state index contributed by atoms with van der Waals surface area (Å²) in [5.74, 6) is 1.40. The highest BCUT2D eigenvalue weighted by atomic mass is 32.2. The Hall–Kier alpha value is -1.16. The van der Waals surface area contributed by atoms with Gasteiger partial charge >= 0.3 is 0 Å². The summed E-state index contributed by atoms with van der Waals surface area (Å²) >= 11 is 1.80. The molecule has 1 aliphatic heterocycles. The number of rotatable bonds is 4. The number of carbonyl (C=O) groups excluding carboxylic acids is 1. The van der Waals surface area contributed by atoms with Crippen LogP contribution in [0.1, 0.15) is 32.3 Å². The Morgan fingerprint density at radius 3 is 2.63 bits per heavy atom. The molecule has 1 atom stereocenters. The van der Waals surface area contributed by atoms with Crippen molar-refractivity contribution in [1.29, 1.82) is 0 Å². The first-order chi connectivity index (χ1) is 9.08. The summed E-state index contributed by atoms with van der Waals surface area (Å²) in [4.78, 5) is 14.5. The van der Waals surface area contributed by atoms with Crippen LogP contribution in [0.5, 0.6) is 0 Å². The summed E-state index contributed by atoms with van der Waals surface area (Å²) in [6.07, 6.45) is 2.18. The Morgan fingerprint density at radius 1 is 1.42 bits per heavy atom. The van der Waals surface area contributed by atoms with Crippen molar-refractivity contribution in [2.75, 3.05) is 11.5 Å². The standard InChI is InChI=1S/C15H22N2OS/c1-11(2)17(15(18)14-4-3-9-19-14)10-12-5-7-13(16)8-6-12/h5-8,11,14H,3-4,9-10,16H2,1-2H3. The normalized spacial score (nSPS) is 18.8. The second-order valence-electron chi connectivity index (χ2n) is 5.30. The molecule has 0 radical (unpaired) electrons.